The third-order valence-corrected chi connectivity index (χ3v) is 2.56. The van der Waals surface area contributed by atoms with Crippen LogP contribution in [0, 0.1) is 5.92 Å². The second kappa shape index (κ2) is 4.80. The predicted molar refractivity (Wildman–Crippen MR) is 47.9 cm³/mol. The van der Waals surface area contributed by atoms with Gasteiger partial charge in [0.2, 0.25) is 0 Å². The normalized spacial score (nSPS) is 24.2. The molecule has 0 aromatic heterocycles. The van der Waals surface area contributed by atoms with E-state index in [2.05, 4.69) is 11.8 Å². The van der Waals surface area contributed by atoms with Crippen LogP contribution in [0.5, 0.6) is 0 Å². The quantitative estimate of drug-likeness (QED) is 0.635. The molecule has 1 fully saturated rings. The van der Waals surface area contributed by atoms with E-state index in [1.807, 2.05) is 0 Å². The number of hydrogen-bond acceptors (Lipinski definition) is 3. The van der Waals surface area contributed by atoms with Gasteiger partial charge in [0.25, 0.3) is 0 Å². The average Bonchev–Trinajstić information content (AvgIpc) is 2.09. The maximum Gasteiger partial charge on any atom is 0.0897 e. The molecule has 0 aliphatic carbocycles. The maximum atomic E-state index is 9.18. The van der Waals surface area contributed by atoms with Crippen molar-refractivity contribution in [1.29, 1.82) is 0 Å². The van der Waals surface area contributed by atoms with Gasteiger partial charge in [0.05, 0.1) is 12.7 Å². The van der Waals surface area contributed by atoms with E-state index >= 15 is 0 Å². The highest BCUT2D eigenvalue weighted by Crippen LogP contribution is 2.15. The van der Waals surface area contributed by atoms with Crippen molar-refractivity contribution in [1.82, 2.24) is 4.90 Å². The summed E-state index contributed by atoms with van der Waals surface area (Å²) in [7, 11) is 0. The van der Waals surface area contributed by atoms with Crippen molar-refractivity contribution < 1.29 is 10.2 Å². The summed E-state index contributed by atoms with van der Waals surface area (Å²) in [6.45, 7) is 4.91. The molecule has 0 amide bonds. The fourth-order valence-corrected chi connectivity index (χ4v) is 1.60. The Labute approximate surface area is 74.0 Å². The van der Waals surface area contributed by atoms with Gasteiger partial charge in [-0.3, -0.25) is 0 Å². The zero-order valence-corrected chi connectivity index (χ0v) is 7.74. The zero-order chi connectivity index (χ0) is 8.97. The molecule has 1 saturated heterocycles. The maximum absolute atomic E-state index is 9.18. The molecular weight excluding hydrogens is 154 g/mol. The van der Waals surface area contributed by atoms with Crippen LogP contribution in [-0.2, 0) is 0 Å². The average molecular weight is 173 g/mol. The van der Waals surface area contributed by atoms with E-state index in [-0.39, 0.29) is 6.61 Å². The van der Waals surface area contributed by atoms with Crippen molar-refractivity contribution in [3.8, 4) is 0 Å². The number of hydrogen-bond donors (Lipinski definition) is 2. The molecule has 0 aromatic rings. The van der Waals surface area contributed by atoms with Crippen LogP contribution in [0.4, 0.5) is 0 Å². The molecule has 1 heterocycles. The molecule has 3 heteroatoms. The van der Waals surface area contributed by atoms with E-state index in [4.69, 9.17) is 5.11 Å². The third-order valence-electron chi connectivity index (χ3n) is 2.56. The van der Waals surface area contributed by atoms with Crippen LogP contribution < -0.4 is 0 Å². The molecule has 1 rings (SSSR count). The first-order valence-corrected chi connectivity index (χ1v) is 4.73. The summed E-state index contributed by atoms with van der Waals surface area (Å²) in [6.07, 6.45) is 1.88. The molecule has 0 bridgehead atoms. The van der Waals surface area contributed by atoms with Gasteiger partial charge in [0, 0.05) is 6.54 Å². The lowest BCUT2D eigenvalue weighted by atomic mass is 9.99. The molecule has 0 saturated carbocycles. The summed E-state index contributed by atoms with van der Waals surface area (Å²) in [5, 5.41) is 17.8. The number of aliphatic hydroxyl groups is 2. The Morgan fingerprint density at radius 3 is 2.50 bits per heavy atom. The van der Waals surface area contributed by atoms with Crippen molar-refractivity contribution in [3.05, 3.63) is 0 Å². The Balaban J connectivity index is 2.17. The molecular formula is C9H19NO2. The zero-order valence-electron chi connectivity index (χ0n) is 7.74. The van der Waals surface area contributed by atoms with E-state index in [0.717, 1.165) is 19.0 Å². The molecule has 0 spiro atoms. The summed E-state index contributed by atoms with van der Waals surface area (Å²) in [5.41, 5.74) is 0. The van der Waals surface area contributed by atoms with Crippen LogP contribution in [0.1, 0.15) is 19.8 Å². The van der Waals surface area contributed by atoms with E-state index in [9.17, 15) is 5.11 Å². The van der Waals surface area contributed by atoms with Gasteiger partial charge in [-0.2, -0.15) is 0 Å². The van der Waals surface area contributed by atoms with Crippen molar-refractivity contribution in [2.45, 2.75) is 25.9 Å². The highest BCUT2D eigenvalue weighted by atomic mass is 16.3. The number of likely N-dealkylation sites (tertiary alicyclic amines) is 1. The summed E-state index contributed by atoms with van der Waals surface area (Å²) >= 11 is 0. The van der Waals surface area contributed by atoms with Crippen LogP contribution in [-0.4, -0.2) is 47.5 Å². The van der Waals surface area contributed by atoms with Crippen molar-refractivity contribution >= 4 is 0 Å². The first-order valence-electron chi connectivity index (χ1n) is 4.73. The smallest absolute Gasteiger partial charge is 0.0897 e. The Morgan fingerprint density at radius 1 is 1.42 bits per heavy atom. The van der Waals surface area contributed by atoms with Gasteiger partial charge in [-0.05, 0) is 31.8 Å². The molecule has 1 aliphatic heterocycles. The lowest BCUT2D eigenvalue weighted by Gasteiger charge is -2.31. The van der Waals surface area contributed by atoms with Crippen LogP contribution in [0.2, 0.25) is 0 Å². The lowest BCUT2D eigenvalue weighted by Crippen LogP contribution is -2.39. The van der Waals surface area contributed by atoms with Gasteiger partial charge in [-0.25, -0.2) is 0 Å². The molecule has 0 radical (unpaired) electrons. The van der Waals surface area contributed by atoms with Gasteiger partial charge < -0.3 is 15.1 Å². The summed E-state index contributed by atoms with van der Waals surface area (Å²) in [6, 6.07) is 0. The molecule has 1 aliphatic rings. The Bertz CT molecular complexity index is 122. The Morgan fingerprint density at radius 2 is 2.00 bits per heavy atom. The van der Waals surface area contributed by atoms with Crippen LogP contribution in [0.3, 0.4) is 0 Å². The molecule has 72 valence electrons. The fraction of sp³-hybridized carbons (Fsp3) is 1.00. The molecule has 0 unspecified atom stereocenters. The largest absolute Gasteiger partial charge is 0.394 e. The van der Waals surface area contributed by atoms with Gasteiger partial charge in [0.15, 0.2) is 0 Å². The van der Waals surface area contributed by atoms with E-state index in [1.54, 1.807) is 0 Å². The van der Waals surface area contributed by atoms with Crippen molar-refractivity contribution in [3.63, 3.8) is 0 Å². The fourth-order valence-electron chi connectivity index (χ4n) is 1.60. The predicted octanol–water partition coefficient (Wildman–Crippen LogP) is 0.0715. The number of nitrogens with zero attached hydrogens (tertiary/aromatic N) is 1. The minimum absolute atomic E-state index is 0.119. The lowest BCUT2D eigenvalue weighted by molar-refractivity contribution is 0.0485. The number of aliphatic hydroxyl groups excluding tert-OH is 2. The molecule has 12 heavy (non-hydrogen) atoms. The molecule has 1 atom stereocenters. The van der Waals surface area contributed by atoms with Crippen LogP contribution in [0.15, 0.2) is 0 Å². The first kappa shape index (κ1) is 9.96. The molecule has 0 aromatic carbocycles. The minimum Gasteiger partial charge on any atom is -0.394 e. The standard InChI is InChI=1S/C9H19NO2/c1-8-2-4-10(5-3-8)6-9(12)7-11/h8-9,11-12H,2-7H2,1H3/t9-/m1/s1. The molecule has 2 N–H and O–H groups in total. The monoisotopic (exact) mass is 173 g/mol. The van der Waals surface area contributed by atoms with E-state index in [0.29, 0.717) is 6.54 Å². The summed E-state index contributed by atoms with van der Waals surface area (Å²) in [4.78, 5) is 2.22. The van der Waals surface area contributed by atoms with Gasteiger partial charge in [-0.15, -0.1) is 0 Å². The summed E-state index contributed by atoms with van der Waals surface area (Å²) < 4.78 is 0. The van der Waals surface area contributed by atoms with E-state index in [1.165, 1.54) is 12.8 Å². The number of β-amino-alcohol motifs (C(OH)–C–C–N with tert-alkyl or cyclic N) is 1. The first-order chi connectivity index (χ1) is 5.72. The SMILES string of the molecule is CC1CCN(C[C@@H](O)CO)CC1. The van der Waals surface area contributed by atoms with E-state index < -0.39 is 6.10 Å². The number of piperidine rings is 1. The van der Waals surface area contributed by atoms with Crippen LogP contribution >= 0.6 is 0 Å². The Hall–Kier alpha value is -0.120. The second-order valence-corrected chi connectivity index (χ2v) is 3.82. The summed E-state index contributed by atoms with van der Waals surface area (Å²) in [5.74, 6) is 0.826. The number of rotatable bonds is 3. The van der Waals surface area contributed by atoms with Gasteiger partial charge in [0.1, 0.15) is 0 Å². The third kappa shape index (κ3) is 3.09. The van der Waals surface area contributed by atoms with Crippen molar-refractivity contribution in [2.24, 2.45) is 5.92 Å². The highest BCUT2D eigenvalue weighted by Gasteiger charge is 2.17. The van der Waals surface area contributed by atoms with Gasteiger partial charge >= 0.3 is 0 Å². The van der Waals surface area contributed by atoms with Crippen LogP contribution in [0.25, 0.3) is 0 Å². The second-order valence-electron chi connectivity index (χ2n) is 3.82. The van der Waals surface area contributed by atoms with Crippen molar-refractivity contribution in [2.75, 3.05) is 26.2 Å². The Kier molecular flexibility index (Phi) is 3.98. The minimum atomic E-state index is -0.557. The highest BCUT2D eigenvalue weighted by molar-refractivity contribution is 4.71. The molecule has 3 nitrogen and oxygen atoms in total. The topological polar surface area (TPSA) is 43.7 Å². The van der Waals surface area contributed by atoms with Gasteiger partial charge in [-0.1, -0.05) is 6.92 Å².